The second-order valence-corrected chi connectivity index (χ2v) is 7.98. The van der Waals surface area contributed by atoms with Crippen LogP contribution in [0.2, 0.25) is 0 Å². The Bertz CT molecular complexity index is 1030. The summed E-state index contributed by atoms with van der Waals surface area (Å²) < 4.78 is 5.71. The van der Waals surface area contributed by atoms with E-state index in [2.05, 4.69) is 22.3 Å². The molecule has 0 atom stereocenters. The van der Waals surface area contributed by atoms with Gasteiger partial charge in [-0.25, -0.2) is 0 Å². The minimum Gasteiger partial charge on any atom is -0.464 e. The number of nitrogens with one attached hydrogen (secondary N) is 1. The topological polar surface area (TPSA) is 65.8 Å². The van der Waals surface area contributed by atoms with Crippen LogP contribution in [0.1, 0.15) is 19.4 Å². The number of fused-ring (bicyclic) bond motifs is 3. The van der Waals surface area contributed by atoms with E-state index in [0.717, 1.165) is 27.3 Å². The average molecular weight is 393 g/mol. The molecule has 1 aliphatic rings. The number of carbonyl (C=O) groups is 2. The highest BCUT2D eigenvalue weighted by Crippen LogP contribution is 2.30. The first-order valence-corrected chi connectivity index (χ1v) is 10.2. The molecule has 2 heterocycles. The van der Waals surface area contributed by atoms with Gasteiger partial charge in [0.05, 0.1) is 19.2 Å². The minimum atomic E-state index is 0.0384. The number of hydrogen-bond donors (Lipinski definition) is 1. The van der Waals surface area contributed by atoms with Crippen LogP contribution in [0.15, 0.2) is 47.1 Å². The van der Waals surface area contributed by atoms with Crippen molar-refractivity contribution in [3.8, 4) is 0 Å². The van der Waals surface area contributed by atoms with Gasteiger partial charge < -0.3 is 14.6 Å². The second-order valence-electron chi connectivity index (χ2n) is 7.98. The molecule has 0 unspecified atom stereocenters. The Morgan fingerprint density at radius 2 is 1.83 bits per heavy atom. The van der Waals surface area contributed by atoms with Gasteiger partial charge in [-0.1, -0.05) is 30.3 Å². The van der Waals surface area contributed by atoms with Crippen LogP contribution in [0.25, 0.3) is 21.7 Å². The molecular weight excluding hydrogens is 366 g/mol. The Morgan fingerprint density at radius 3 is 2.59 bits per heavy atom. The number of hydrogen-bond acceptors (Lipinski definition) is 4. The lowest BCUT2D eigenvalue weighted by atomic mass is 10.0. The molecule has 29 heavy (non-hydrogen) atoms. The summed E-state index contributed by atoms with van der Waals surface area (Å²) in [6, 6.07) is 12.3. The summed E-state index contributed by atoms with van der Waals surface area (Å²) in [4.78, 5) is 28.8. The average Bonchev–Trinajstić information content (AvgIpc) is 3.11. The monoisotopic (exact) mass is 393 g/mol. The van der Waals surface area contributed by atoms with Gasteiger partial charge in [0.2, 0.25) is 11.8 Å². The molecule has 0 radical (unpaired) electrons. The van der Waals surface area contributed by atoms with Crippen LogP contribution in [-0.4, -0.2) is 60.4 Å². The summed E-state index contributed by atoms with van der Waals surface area (Å²) in [7, 11) is 0. The summed E-state index contributed by atoms with van der Waals surface area (Å²) in [6.07, 6.45) is 2.04. The summed E-state index contributed by atoms with van der Waals surface area (Å²) in [5, 5.41) is 6.20. The van der Waals surface area contributed by atoms with E-state index in [1.165, 1.54) is 0 Å². The zero-order valence-electron chi connectivity index (χ0n) is 17.0. The lowest BCUT2D eigenvalue weighted by Crippen LogP contribution is -2.51. The highest BCUT2D eigenvalue weighted by atomic mass is 16.3. The third kappa shape index (κ3) is 4.27. The summed E-state index contributed by atoms with van der Waals surface area (Å²) in [6.45, 7) is 7.01. The van der Waals surface area contributed by atoms with Gasteiger partial charge in [0.25, 0.3) is 0 Å². The molecule has 1 saturated heterocycles. The van der Waals surface area contributed by atoms with Crippen LogP contribution in [0.3, 0.4) is 0 Å². The third-order valence-corrected chi connectivity index (χ3v) is 5.42. The smallest absolute Gasteiger partial charge is 0.234 e. The fourth-order valence-corrected chi connectivity index (χ4v) is 4.01. The molecule has 0 bridgehead atoms. The van der Waals surface area contributed by atoms with Crippen molar-refractivity contribution in [2.75, 3.05) is 32.7 Å². The van der Waals surface area contributed by atoms with Crippen LogP contribution in [0, 0.1) is 0 Å². The second kappa shape index (κ2) is 8.25. The predicted octanol–water partition coefficient (Wildman–Crippen LogP) is 2.80. The Balaban J connectivity index is 1.41. The molecular formula is C23H27N3O3. The molecule has 0 saturated carbocycles. The van der Waals surface area contributed by atoms with Crippen LogP contribution in [-0.2, 0) is 16.0 Å². The van der Waals surface area contributed by atoms with E-state index in [-0.39, 0.29) is 17.9 Å². The molecule has 1 aliphatic heterocycles. The van der Waals surface area contributed by atoms with Crippen molar-refractivity contribution in [1.29, 1.82) is 0 Å². The van der Waals surface area contributed by atoms with Crippen LogP contribution >= 0.6 is 0 Å². The molecule has 0 spiro atoms. The van der Waals surface area contributed by atoms with Crippen molar-refractivity contribution in [3.63, 3.8) is 0 Å². The number of nitrogens with zero attached hydrogens (tertiary/aromatic N) is 2. The number of carbonyl (C=O) groups excluding carboxylic acids is 2. The summed E-state index contributed by atoms with van der Waals surface area (Å²) >= 11 is 0. The number of amides is 2. The van der Waals surface area contributed by atoms with Crippen molar-refractivity contribution >= 4 is 33.6 Å². The highest BCUT2D eigenvalue weighted by molar-refractivity contribution is 6.08. The first-order chi connectivity index (χ1) is 14.0. The Morgan fingerprint density at radius 1 is 1.07 bits per heavy atom. The van der Waals surface area contributed by atoms with Crippen LogP contribution < -0.4 is 5.32 Å². The quantitative estimate of drug-likeness (QED) is 0.724. The molecule has 3 aromatic rings. The molecule has 1 fully saturated rings. The summed E-state index contributed by atoms with van der Waals surface area (Å²) in [5.41, 5.74) is 1.74. The Hall–Kier alpha value is -2.86. The van der Waals surface area contributed by atoms with E-state index < -0.39 is 0 Å². The van der Waals surface area contributed by atoms with Crippen molar-refractivity contribution in [1.82, 2.24) is 15.1 Å². The maximum atomic E-state index is 12.9. The van der Waals surface area contributed by atoms with Gasteiger partial charge in [-0.3, -0.25) is 14.5 Å². The van der Waals surface area contributed by atoms with Gasteiger partial charge in [0.15, 0.2) is 0 Å². The molecule has 1 N–H and O–H groups in total. The van der Waals surface area contributed by atoms with Gasteiger partial charge in [0.1, 0.15) is 5.58 Å². The van der Waals surface area contributed by atoms with Crippen molar-refractivity contribution in [2.24, 2.45) is 0 Å². The molecule has 2 aromatic carbocycles. The number of piperazine rings is 1. The number of benzene rings is 2. The number of furan rings is 1. The normalized spacial score (nSPS) is 15.3. The predicted molar refractivity (Wildman–Crippen MR) is 114 cm³/mol. The molecule has 1 aromatic heterocycles. The van der Waals surface area contributed by atoms with Crippen LogP contribution in [0.4, 0.5) is 0 Å². The molecule has 152 valence electrons. The zero-order chi connectivity index (χ0) is 20.4. The van der Waals surface area contributed by atoms with Gasteiger partial charge >= 0.3 is 0 Å². The molecule has 0 aliphatic carbocycles. The first kappa shape index (κ1) is 19.5. The lowest BCUT2D eigenvalue weighted by molar-refractivity contribution is -0.132. The van der Waals surface area contributed by atoms with Gasteiger partial charge in [0, 0.05) is 43.2 Å². The lowest BCUT2D eigenvalue weighted by Gasteiger charge is -2.34. The Kier molecular flexibility index (Phi) is 5.53. The van der Waals surface area contributed by atoms with Crippen LogP contribution in [0.5, 0.6) is 0 Å². The van der Waals surface area contributed by atoms with E-state index in [4.69, 9.17) is 4.42 Å². The molecule has 2 amide bonds. The largest absolute Gasteiger partial charge is 0.464 e. The molecule has 6 nitrogen and oxygen atoms in total. The van der Waals surface area contributed by atoms with E-state index >= 15 is 0 Å². The van der Waals surface area contributed by atoms with E-state index in [1.54, 1.807) is 6.26 Å². The fourth-order valence-electron chi connectivity index (χ4n) is 4.01. The SMILES string of the molecule is CC(C)NC(=O)CN1CCN(C(=O)Cc2coc3ccc4ccccc4c23)CC1. The highest BCUT2D eigenvalue weighted by Gasteiger charge is 2.24. The molecule has 6 heteroatoms. The maximum absolute atomic E-state index is 12.9. The zero-order valence-corrected chi connectivity index (χ0v) is 17.0. The van der Waals surface area contributed by atoms with Gasteiger partial charge in [-0.15, -0.1) is 0 Å². The number of rotatable bonds is 5. The standard InChI is InChI=1S/C23H27N3O3/c1-16(2)24-21(27)14-25-9-11-26(12-10-25)22(28)13-18-15-29-20-8-7-17-5-3-4-6-19(17)23(18)20/h3-8,15-16H,9-14H2,1-2H3,(H,24,27). The third-order valence-electron chi connectivity index (χ3n) is 5.42. The van der Waals surface area contributed by atoms with E-state index in [0.29, 0.717) is 39.1 Å². The van der Waals surface area contributed by atoms with Gasteiger partial charge in [-0.05, 0) is 30.7 Å². The maximum Gasteiger partial charge on any atom is 0.234 e. The van der Waals surface area contributed by atoms with Crippen molar-refractivity contribution in [3.05, 3.63) is 48.2 Å². The first-order valence-electron chi connectivity index (χ1n) is 10.2. The van der Waals surface area contributed by atoms with E-state index in [1.807, 2.05) is 43.0 Å². The Labute approximate surface area is 170 Å². The summed E-state index contributed by atoms with van der Waals surface area (Å²) in [5.74, 6) is 0.142. The van der Waals surface area contributed by atoms with Gasteiger partial charge in [-0.2, -0.15) is 0 Å². The minimum absolute atomic E-state index is 0.0384. The van der Waals surface area contributed by atoms with Crippen molar-refractivity contribution < 1.29 is 14.0 Å². The van der Waals surface area contributed by atoms with E-state index in [9.17, 15) is 9.59 Å². The molecule has 4 rings (SSSR count). The van der Waals surface area contributed by atoms with Crippen molar-refractivity contribution in [2.45, 2.75) is 26.3 Å². The fraction of sp³-hybridized carbons (Fsp3) is 0.391.